The Labute approximate surface area is 107 Å². The number of hydrogen-bond acceptors (Lipinski definition) is 4. The average molecular weight is 252 g/mol. The molecule has 1 aromatic rings. The predicted octanol–water partition coefficient (Wildman–Crippen LogP) is 1.31. The Hall–Kier alpha value is -1.59. The maximum absolute atomic E-state index is 11.9. The summed E-state index contributed by atoms with van der Waals surface area (Å²) >= 11 is 0. The Morgan fingerprint density at radius 2 is 2.17 bits per heavy atom. The first kappa shape index (κ1) is 14.5. The van der Waals surface area contributed by atoms with Gasteiger partial charge in [0.2, 0.25) is 5.91 Å². The van der Waals surface area contributed by atoms with E-state index in [0.29, 0.717) is 24.5 Å². The monoisotopic (exact) mass is 252 g/mol. The SMILES string of the molecule is COCCC(N)C(=O)Nc1cc(C)ccc1OC. The van der Waals surface area contributed by atoms with Crippen LogP contribution >= 0.6 is 0 Å². The van der Waals surface area contributed by atoms with Crippen LogP contribution in [0.3, 0.4) is 0 Å². The fraction of sp³-hybridized carbons (Fsp3) is 0.462. The van der Waals surface area contributed by atoms with Crippen molar-refractivity contribution in [2.75, 3.05) is 26.1 Å². The summed E-state index contributed by atoms with van der Waals surface area (Å²) in [7, 11) is 3.14. The molecule has 1 aromatic carbocycles. The minimum absolute atomic E-state index is 0.240. The van der Waals surface area contributed by atoms with Gasteiger partial charge in [0.15, 0.2) is 0 Å². The minimum Gasteiger partial charge on any atom is -0.495 e. The number of benzene rings is 1. The van der Waals surface area contributed by atoms with Crippen LogP contribution in [-0.4, -0.2) is 32.8 Å². The molecule has 1 atom stereocenters. The second kappa shape index (κ2) is 6.98. The quantitative estimate of drug-likeness (QED) is 0.800. The molecule has 0 aromatic heterocycles. The molecule has 18 heavy (non-hydrogen) atoms. The first-order valence-corrected chi connectivity index (χ1v) is 5.78. The van der Waals surface area contributed by atoms with Gasteiger partial charge in [0.25, 0.3) is 0 Å². The molecule has 0 saturated heterocycles. The van der Waals surface area contributed by atoms with Crippen LogP contribution in [0, 0.1) is 6.92 Å². The number of hydrogen-bond donors (Lipinski definition) is 2. The van der Waals surface area contributed by atoms with Gasteiger partial charge in [-0.25, -0.2) is 0 Å². The molecule has 0 aliphatic heterocycles. The van der Waals surface area contributed by atoms with Gasteiger partial charge in [0, 0.05) is 13.7 Å². The number of methoxy groups -OCH3 is 2. The molecule has 0 radical (unpaired) electrons. The fourth-order valence-corrected chi connectivity index (χ4v) is 1.52. The third kappa shape index (κ3) is 4.01. The average Bonchev–Trinajstić information content (AvgIpc) is 2.36. The molecule has 0 fully saturated rings. The molecule has 5 heteroatoms. The lowest BCUT2D eigenvalue weighted by molar-refractivity contribution is -0.117. The molecular weight excluding hydrogens is 232 g/mol. The number of carbonyl (C=O) groups is 1. The fourth-order valence-electron chi connectivity index (χ4n) is 1.52. The molecule has 1 unspecified atom stereocenters. The Morgan fingerprint density at radius 1 is 1.44 bits per heavy atom. The second-order valence-corrected chi connectivity index (χ2v) is 4.08. The maximum Gasteiger partial charge on any atom is 0.241 e. The van der Waals surface area contributed by atoms with Gasteiger partial charge in [-0.3, -0.25) is 4.79 Å². The highest BCUT2D eigenvalue weighted by molar-refractivity contribution is 5.96. The van der Waals surface area contributed by atoms with Gasteiger partial charge in [0.1, 0.15) is 5.75 Å². The minimum atomic E-state index is -0.588. The van der Waals surface area contributed by atoms with Gasteiger partial charge >= 0.3 is 0 Å². The molecule has 0 aliphatic carbocycles. The number of aryl methyl sites for hydroxylation is 1. The third-order valence-corrected chi connectivity index (χ3v) is 2.58. The highest BCUT2D eigenvalue weighted by Gasteiger charge is 2.15. The highest BCUT2D eigenvalue weighted by atomic mass is 16.5. The molecule has 0 bridgehead atoms. The van der Waals surface area contributed by atoms with Gasteiger partial charge in [-0.05, 0) is 31.0 Å². The molecule has 1 amide bonds. The van der Waals surface area contributed by atoms with E-state index in [0.717, 1.165) is 5.56 Å². The van der Waals surface area contributed by atoms with Gasteiger partial charge in [-0.2, -0.15) is 0 Å². The maximum atomic E-state index is 11.9. The summed E-state index contributed by atoms with van der Waals surface area (Å²) in [5.41, 5.74) is 7.42. The van der Waals surface area contributed by atoms with Crippen molar-refractivity contribution in [1.29, 1.82) is 0 Å². The van der Waals surface area contributed by atoms with Crippen molar-refractivity contribution in [2.24, 2.45) is 5.73 Å². The van der Waals surface area contributed by atoms with Gasteiger partial charge in [-0.1, -0.05) is 6.07 Å². The lowest BCUT2D eigenvalue weighted by atomic mass is 10.1. The lowest BCUT2D eigenvalue weighted by Gasteiger charge is -2.14. The number of carbonyl (C=O) groups excluding carboxylic acids is 1. The summed E-state index contributed by atoms with van der Waals surface area (Å²) in [6.07, 6.45) is 0.483. The summed E-state index contributed by atoms with van der Waals surface area (Å²) in [5, 5.41) is 2.77. The van der Waals surface area contributed by atoms with E-state index in [1.807, 2.05) is 25.1 Å². The largest absolute Gasteiger partial charge is 0.495 e. The van der Waals surface area contributed by atoms with Crippen LogP contribution in [0.2, 0.25) is 0 Å². The zero-order valence-electron chi connectivity index (χ0n) is 11.0. The number of nitrogens with two attached hydrogens (primary N) is 1. The van der Waals surface area contributed by atoms with Crippen molar-refractivity contribution in [2.45, 2.75) is 19.4 Å². The van der Waals surface area contributed by atoms with Crippen LogP contribution in [0.25, 0.3) is 0 Å². The van der Waals surface area contributed by atoms with Crippen molar-refractivity contribution in [3.63, 3.8) is 0 Å². The number of rotatable bonds is 6. The smallest absolute Gasteiger partial charge is 0.241 e. The molecule has 1 rings (SSSR count). The van der Waals surface area contributed by atoms with E-state index in [1.54, 1.807) is 14.2 Å². The summed E-state index contributed by atoms with van der Waals surface area (Å²) in [6, 6.07) is 4.99. The Kier molecular flexibility index (Phi) is 5.61. The summed E-state index contributed by atoms with van der Waals surface area (Å²) in [5.74, 6) is 0.379. The Balaban J connectivity index is 2.71. The topological polar surface area (TPSA) is 73.6 Å². The molecule has 0 aliphatic rings. The molecule has 3 N–H and O–H groups in total. The molecule has 100 valence electrons. The van der Waals surface area contributed by atoms with Crippen LogP contribution in [0.4, 0.5) is 5.69 Å². The van der Waals surface area contributed by atoms with E-state index in [4.69, 9.17) is 15.2 Å². The number of ether oxygens (including phenoxy) is 2. The zero-order valence-corrected chi connectivity index (χ0v) is 11.0. The zero-order chi connectivity index (χ0) is 13.5. The van der Waals surface area contributed by atoms with Crippen molar-refractivity contribution >= 4 is 11.6 Å². The van der Waals surface area contributed by atoms with Crippen LogP contribution < -0.4 is 15.8 Å². The van der Waals surface area contributed by atoms with Crippen LogP contribution in [0.5, 0.6) is 5.75 Å². The van der Waals surface area contributed by atoms with E-state index < -0.39 is 6.04 Å². The lowest BCUT2D eigenvalue weighted by Crippen LogP contribution is -2.36. The van der Waals surface area contributed by atoms with Crippen LogP contribution in [0.15, 0.2) is 18.2 Å². The van der Waals surface area contributed by atoms with Crippen LogP contribution in [0.1, 0.15) is 12.0 Å². The molecule has 0 saturated carbocycles. The van der Waals surface area contributed by atoms with E-state index >= 15 is 0 Å². The Bertz CT molecular complexity index is 407. The number of nitrogens with one attached hydrogen (secondary N) is 1. The van der Waals surface area contributed by atoms with Crippen molar-refractivity contribution in [3.8, 4) is 5.75 Å². The van der Waals surface area contributed by atoms with E-state index in [2.05, 4.69) is 5.32 Å². The molecular formula is C13H20N2O3. The highest BCUT2D eigenvalue weighted by Crippen LogP contribution is 2.25. The second-order valence-electron chi connectivity index (χ2n) is 4.08. The van der Waals surface area contributed by atoms with Crippen molar-refractivity contribution in [1.82, 2.24) is 0 Å². The van der Waals surface area contributed by atoms with Crippen molar-refractivity contribution < 1.29 is 14.3 Å². The Morgan fingerprint density at radius 3 is 2.78 bits per heavy atom. The number of amides is 1. The summed E-state index contributed by atoms with van der Waals surface area (Å²) in [6.45, 7) is 2.40. The summed E-state index contributed by atoms with van der Waals surface area (Å²) < 4.78 is 10.1. The van der Waals surface area contributed by atoms with Gasteiger partial charge < -0.3 is 20.5 Å². The van der Waals surface area contributed by atoms with E-state index in [1.165, 1.54) is 0 Å². The normalized spacial score (nSPS) is 12.0. The first-order valence-electron chi connectivity index (χ1n) is 5.78. The third-order valence-electron chi connectivity index (χ3n) is 2.58. The van der Waals surface area contributed by atoms with Crippen LogP contribution in [-0.2, 0) is 9.53 Å². The van der Waals surface area contributed by atoms with Gasteiger partial charge in [0.05, 0.1) is 18.8 Å². The number of anilines is 1. The standard InChI is InChI=1S/C13H20N2O3/c1-9-4-5-12(18-3)11(8-9)15-13(16)10(14)6-7-17-2/h4-5,8,10H,6-7,14H2,1-3H3,(H,15,16). The molecule has 0 heterocycles. The van der Waals surface area contributed by atoms with Gasteiger partial charge in [-0.15, -0.1) is 0 Å². The first-order chi connectivity index (χ1) is 8.58. The van der Waals surface area contributed by atoms with E-state index in [-0.39, 0.29) is 5.91 Å². The summed E-state index contributed by atoms with van der Waals surface area (Å²) in [4.78, 5) is 11.9. The molecule has 5 nitrogen and oxygen atoms in total. The van der Waals surface area contributed by atoms with Crippen molar-refractivity contribution in [3.05, 3.63) is 23.8 Å². The van der Waals surface area contributed by atoms with E-state index in [9.17, 15) is 4.79 Å². The predicted molar refractivity (Wildman–Crippen MR) is 70.8 cm³/mol. The molecule has 0 spiro atoms.